The first-order valence-electron chi connectivity index (χ1n) is 8.34. The number of thioether (sulfide) groups is 1. The van der Waals surface area contributed by atoms with Crippen LogP contribution in [-0.2, 0) is 12.8 Å². The molecule has 0 aliphatic heterocycles. The van der Waals surface area contributed by atoms with E-state index >= 15 is 0 Å². The van der Waals surface area contributed by atoms with Crippen molar-refractivity contribution < 1.29 is 4.79 Å². The molecule has 1 aromatic heterocycles. The van der Waals surface area contributed by atoms with Crippen LogP contribution in [0.4, 0.5) is 0 Å². The molecule has 1 heterocycles. The fraction of sp³-hybridized carbons (Fsp3) is 0.263. The number of nitrogens with zero attached hydrogens (tertiary/aromatic N) is 4. The van der Waals surface area contributed by atoms with Crippen molar-refractivity contribution in [3.05, 3.63) is 64.7 Å². The number of ketones is 1. The molecular weight excluding hydrogens is 332 g/mol. The first kappa shape index (κ1) is 16.0. The molecule has 0 bridgehead atoms. The highest BCUT2D eigenvalue weighted by molar-refractivity contribution is 7.99. The van der Waals surface area contributed by atoms with Crippen molar-refractivity contribution in [3.8, 4) is 5.69 Å². The van der Waals surface area contributed by atoms with Gasteiger partial charge < -0.3 is 0 Å². The number of Topliss-reactive ketones (excluding diaryl/α,β-unsaturated/α-hetero) is 1. The number of hydrogen-bond donors (Lipinski definition) is 0. The molecule has 0 radical (unpaired) electrons. The van der Waals surface area contributed by atoms with E-state index in [0.717, 1.165) is 29.7 Å². The van der Waals surface area contributed by atoms with Gasteiger partial charge in [0, 0.05) is 5.56 Å². The minimum atomic E-state index is 0.110. The number of hydrogen-bond acceptors (Lipinski definition) is 5. The zero-order valence-electron chi connectivity index (χ0n) is 14.0. The molecular formula is C19H18N4OS. The number of benzene rings is 2. The van der Waals surface area contributed by atoms with Gasteiger partial charge >= 0.3 is 0 Å². The molecule has 0 saturated carbocycles. The first-order valence-corrected chi connectivity index (χ1v) is 9.33. The number of fused-ring (bicyclic) bond motifs is 1. The predicted molar refractivity (Wildman–Crippen MR) is 97.4 cm³/mol. The maximum atomic E-state index is 12.6. The Balaban J connectivity index is 1.50. The number of aromatic nitrogens is 4. The Labute approximate surface area is 150 Å². The van der Waals surface area contributed by atoms with E-state index in [4.69, 9.17) is 0 Å². The number of aryl methyl sites for hydroxylation is 3. The third kappa shape index (κ3) is 3.22. The van der Waals surface area contributed by atoms with Gasteiger partial charge in [-0.1, -0.05) is 42.1 Å². The number of rotatable bonds is 5. The van der Waals surface area contributed by atoms with Crippen molar-refractivity contribution in [2.75, 3.05) is 5.75 Å². The molecule has 0 amide bonds. The Morgan fingerprint density at radius 1 is 1.16 bits per heavy atom. The lowest BCUT2D eigenvalue weighted by Gasteiger charge is -2.07. The third-order valence-corrected chi connectivity index (χ3v) is 5.46. The second kappa shape index (κ2) is 6.80. The molecule has 126 valence electrons. The minimum absolute atomic E-state index is 0.110. The number of para-hydroxylation sites is 1. The van der Waals surface area contributed by atoms with E-state index in [1.807, 2.05) is 37.3 Å². The standard InChI is InChI=1S/C19H18N4OS/c1-13-5-2-3-8-17(13)23-19(20-21-22-23)25-12-18(24)16-10-9-14-6-4-7-15(14)11-16/h2-3,5,8-11H,4,6-7,12H2,1H3. The van der Waals surface area contributed by atoms with Crippen molar-refractivity contribution in [2.45, 2.75) is 31.3 Å². The van der Waals surface area contributed by atoms with Crippen LogP contribution in [0.3, 0.4) is 0 Å². The van der Waals surface area contributed by atoms with E-state index in [1.165, 1.54) is 29.3 Å². The van der Waals surface area contributed by atoms with Gasteiger partial charge in [-0.15, -0.1) is 5.10 Å². The molecule has 3 aromatic rings. The van der Waals surface area contributed by atoms with Crippen LogP contribution in [0.25, 0.3) is 5.69 Å². The average Bonchev–Trinajstić information content (AvgIpc) is 3.28. The molecule has 0 atom stereocenters. The smallest absolute Gasteiger partial charge is 0.214 e. The van der Waals surface area contributed by atoms with Gasteiger partial charge in [0.25, 0.3) is 0 Å². The molecule has 25 heavy (non-hydrogen) atoms. The quantitative estimate of drug-likeness (QED) is 0.521. The highest BCUT2D eigenvalue weighted by Gasteiger charge is 2.16. The van der Waals surface area contributed by atoms with Gasteiger partial charge in [-0.05, 0) is 65.4 Å². The van der Waals surface area contributed by atoms with Crippen molar-refractivity contribution in [1.82, 2.24) is 20.2 Å². The van der Waals surface area contributed by atoms with Crippen molar-refractivity contribution in [3.63, 3.8) is 0 Å². The first-order chi connectivity index (χ1) is 12.2. The third-order valence-electron chi connectivity index (χ3n) is 4.54. The van der Waals surface area contributed by atoms with Gasteiger partial charge in [-0.2, -0.15) is 4.68 Å². The molecule has 2 aromatic carbocycles. The van der Waals surface area contributed by atoms with Crippen LogP contribution in [0.2, 0.25) is 0 Å². The maximum Gasteiger partial charge on any atom is 0.214 e. The normalized spacial score (nSPS) is 13.0. The van der Waals surface area contributed by atoms with Crippen molar-refractivity contribution in [1.29, 1.82) is 0 Å². The Hall–Kier alpha value is -2.47. The van der Waals surface area contributed by atoms with E-state index in [0.29, 0.717) is 10.9 Å². The van der Waals surface area contributed by atoms with E-state index < -0.39 is 0 Å². The van der Waals surface area contributed by atoms with E-state index in [1.54, 1.807) is 4.68 Å². The zero-order valence-corrected chi connectivity index (χ0v) is 14.8. The molecule has 0 fully saturated rings. The zero-order chi connectivity index (χ0) is 17.2. The molecule has 0 unspecified atom stereocenters. The fourth-order valence-electron chi connectivity index (χ4n) is 3.18. The van der Waals surface area contributed by atoms with Gasteiger partial charge in [-0.25, -0.2) is 0 Å². The Morgan fingerprint density at radius 2 is 2.00 bits per heavy atom. The minimum Gasteiger partial charge on any atom is -0.293 e. The average molecular weight is 350 g/mol. The Bertz CT molecular complexity index is 935. The van der Waals surface area contributed by atoms with Crippen molar-refractivity contribution in [2.24, 2.45) is 0 Å². The maximum absolute atomic E-state index is 12.6. The van der Waals surface area contributed by atoms with Crippen LogP contribution in [-0.4, -0.2) is 31.7 Å². The van der Waals surface area contributed by atoms with E-state index in [2.05, 4.69) is 27.7 Å². The summed E-state index contributed by atoms with van der Waals surface area (Å²) in [6.07, 6.45) is 3.39. The van der Waals surface area contributed by atoms with Crippen molar-refractivity contribution >= 4 is 17.5 Å². The fourth-order valence-corrected chi connectivity index (χ4v) is 3.96. The monoisotopic (exact) mass is 350 g/mol. The van der Waals surface area contributed by atoms with E-state index in [9.17, 15) is 4.79 Å². The summed E-state index contributed by atoms with van der Waals surface area (Å²) in [6, 6.07) is 14.0. The van der Waals surface area contributed by atoms with Gasteiger partial charge in [0.2, 0.25) is 5.16 Å². The number of carbonyl (C=O) groups is 1. The second-order valence-corrected chi connectivity index (χ2v) is 7.15. The molecule has 0 N–H and O–H groups in total. The van der Waals surface area contributed by atoms with E-state index in [-0.39, 0.29) is 5.78 Å². The molecule has 5 nitrogen and oxygen atoms in total. The number of carbonyl (C=O) groups excluding carboxylic acids is 1. The lowest BCUT2D eigenvalue weighted by molar-refractivity contribution is 0.102. The highest BCUT2D eigenvalue weighted by Crippen LogP contribution is 2.25. The second-order valence-electron chi connectivity index (χ2n) is 6.21. The van der Waals surface area contributed by atoms with Gasteiger partial charge in [0.05, 0.1) is 11.4 Å². The van der Waals surface area contributed by atoms with Gasteiger partial charge in [0.15, 0.2) is 5.78 Å². The van der Waals surface area contributed by atoms with Crippen LogP contribution in [0.1, 0.15) is 33.5 Å². The van der Waals surface area contributed by atoms with Gasteiger partial charge in [0.1, 0.15) is 0 Å². The summed E-state index contributed by atoms with van der Waals surface area (Å²) in [5.74, 6) is 0.435. The van der Waals surface area contributed by atoms with Crippen LogP contribution < -0.4 is 0 Å². The Morgan fingerprint density at radius 3 is 2.88 bits per heavy atom. The molecule has 1 aliphatic carbocycles. The summed E-state index contributed by atoms with van der Waals surface area (Å²) in [7, 11) is 0. The van der Waals surface area contributed by atoms with Crippen LogP contribution in [0, 0.1) is 6.92 Å². The van der Waals surface area contributed by atoms with Gasteiger partial charge in [-0.3, -0.25) is 4.79 Å². The predicted octanol–water partition coefficient (Wildman–Crippen LogP) is 3.43. The van der Waals surface area contributed by atoms with Crippen LogP contribution in [0.5, 0.6) is 0 Å². The summed E-state index contributed by atoms with van der Waals surface area (Å²) in [6.45, 7) is 2.02. The Kier molecular flexibility index (Phi) is 4.36. The molecule has 4 rings (SSSR count). The number of tetrazole rings is 1. The lowest BCUT2D eigenvalue weighted by Crippen LogP contribution is -2.06. The van der Waals surface area contributed by atoms with Crippen LogP contribution in [0.15, 0.2) is 47.6 Å². The summed E-state index contributed by atoms with van der Waals surface area (Å²) < 4.78 is 1.69. The lowest BCUT2D eigenvalue weighted by atomic mass is 10.0. The molecule has 6 heteroatoms. The highest BCUT2D eigenvalue weighted by atomic mass is 32.2. The molecule has 0 spiro atoms. The molecule has 0 saturated heterocycles. The SMILES string of the molecule is Cc1ccccc1-n1nnnc1SCC(=O)c1ccc2c(c1)CCC2. The largest absolute Gasteiger partial charge is 0.293 e. The topological polar surface area (TPSA) is 60.7 Å². The summed E-state index contributed by atoms with van der Waals surface area (Å²) in [5.41, 5.74) is 5.50. The molecule has 1 aliphatic rings. The summed E-state index contributed by atoms with van der Waals surface area (Å²) in [5, 5.41) is 12.5. The summed E-state index contributed by atoms with van der Waals surface area (Å²) >= 11 is 1.37. The van der Waals surface area contributed by atoms with Crippen LogP contribution >= 0.6 is 11.8 Å². The summed E-state index contributed by atoms with van der Waals surface area (Å²) in [4.78, 5) is 12.6.